The maximum atomic E-state index is 14.2. The van der Waals surface area contributed by atoms with Gasteiger partial charge in [0.25, 0.3) is 5.91 Å². The second-order valence-electron chi connectivity index (χ2n) is 6.40. The highest BCUT2D eigenvalue weighted by atomic mass is 35.5. The molecule has 11 heteroatoms. The Morgan fingerprint density at radius 2 is 1.72 bits per heavy atom. The van der Waals surface area contributed by atoms with Gasteiger partial charge in [0.1, 0.15) is 5.82 Å². The number of carbonyl (C=O) groups excluding carboxylic acids is 1. The second-order valence-corrected chi connectivity index (χ2v) is 8.74. The number of halogens is 5. The van der Waals surface area contributed by atoms with Gasteiger partial charge in [-0.05, 0) is 49.2 Å². The molecule has 1 fully saturated rings. The number of hydrogen-bond donors (Lipinski definition) is 1. The van der Waals surface area contributed by atoms with Crippen LogP contribution in [0.3, 0.4) is 0 Å². The molecular formula is C18H15ClF4N2O3S. The van der Waals surface area contributed by atoms with Gasteiger partial charge in [-0.25, -0.2) is 12.8 Å². The SMILES string of the molecule is O=C(Nc1cc(C(F)(F)F)ccc1Cl)c1cc(S(=O)(=O)N2CCCC2)ccc1F. The van der Waals surface area contributed by atoms with E-state index >= 15 is 0 Å². The molecule has 0 aromatic heterocycles. The van der Waals surface area contributed by atoms with Gasteiger partial charge in [-0.1, -0.05) is 11.6 Å². The summed E-state index contributed by atoms with van der Waals surface area (Å²) in [6.07, 6.45) is -3.28. The molecule has 1 saturated heterocycles. The highest BCUT2D eigenvalue weighted by Gasteiger charge is 2.32. The summed E-state index contributed by atoms with van der Waals surface area (Å²) < 4.78 is 79.2. The minimum absolute atomic E-state index is 0.187. The monoisotopic (exact) mass is 450 g/mol. The zero-order chi connectivity index (χ0) is 21.4. The fraction of sp³-hybridized carbons (Fsp3) is 0.278. The number of carbonyl (C=O) groups is 1. The Morgan fingerprint density at radius 1 is 1.07 bits per heavy atom. The molecule has 3 rings (SSSR count). The molecule has 29 heavy (non-hydrogen) atoms. The molecular weight excluding hydrogens is 436 g/mol. The molecule has 1 heterocycles. The molecule has 1 N–H and O–H groups in total. The van der Waals surface area contributed by atoms with Crippen LogP contribution in [0.1, 0.15) is 28.8 Å². The van der Waals surface area contributed by atoms with Gasteiger partial charge >= 0.3 is 6.18 Å². The van der Waals surface area contributed by atoms with Crippen LogP contribution in [0, 0.1) is 5.82 Å². The van der Waals surface area contributed by atoms with Crippen molar-refractivity contribution in [2.75, 3.05) is 18.4 Å². The van der Waals surface area contributed by atoms with Gasteiger partial charge in [0, 0.05) is 13.1 Å². The average Bonchev–Trinajstić information content (AvgIpc) is 3.18. The highest BCUT2D eigenvalue weighted by Crippen LogP contribution is 2.34. The molecule has 2 aromatic rings. The van der Waals surface area contributed by atoms with Gasteiger partial charge in [-0.3, -0.25) is 4.79 Å². The Labute approximate surface area is 169 Å². The molecule has 0 bridgehead atoms. The first kappa shape index (κ1) is 21.5. The molecule has 0 unspecified atom stereocenters. The Morgan fingerprint density at radius 3 is 2.34 bits per heavy atom. The predicted octanol–water partition coefficient (Wildman–Crippen LogP) is 4.53. The van der Waals surface area contributed by atoms with E-state index in [4.69, 9.17) is 11.6 Å². The average molecular weight is 451 g/mol. The number of rotatable bonds is 4. The summed E-state index contributed by atoms with van der Waals surface area (Å²) in [5, 5.41) is 1.92. The van der Waals surface area contributed by atoms with E-state index in [1.165, 1.54) is 4.31 Å². The smallest absolute Gasteiger partial charge is 0.321 e. The summed E-state index contributed by atoms with van der Waals surface area (Å²) in [6.45, 7) is 0.641. The number of benzene rings is 2. The largest absolute Gasteiger partial charge is 0.416 e. The van der Waals surface area contributed by atoms with E-state index in [2.05, 4.69) is 5.32 Å². The van der Waals surface area contributed by atoms with Crippen molar-refractivity contribution in [1.82, 2.24) is 4.31 Å². The van der Waals surface area contributed by atoms with E-state index in [1.807, 2.05) is 0 Å². The van der Waals surface area contributed by atoms with Crippen LogP contribution in [0.2, 0.25) is 5.02 Å². The molecule has 0 aliphatic carbocycles. The number of alkyl halides is 3. The maximum Gasteiger partial charge on any atom is 0.416 e. The number of hydrogen-bond acceptors (Lipinski definition) is 3. The van der Waals surface area contributed by atoms with Crippen molar-refractivity contribution in [3.05, 3.63) is 58.4 Å². The van der Waals surface area contributed by atoms with Crippen molar-refractivity contribution in [3.8, 4) is 0 Å². The number of amides is 1. The summed E-state index contributed by atoms with van der Waals surface area (Å²) in [4.78, 5) is 12.2. The van der Waals surface area contributed by atoms with Crippen LogP contribution in [0.25, 0.3) is 0 Å². The second kappa shape index (κ2) is 7.92. The zero-order valence-corrected chi connectivity index (χ0v) is 16.3. The van der Waals surface area contributed by atoms with E-state index in [9.17, 15) is 30.8 Å². The standard InChI is InChI=1S/C18H15ClF4N2O3S/c19-14-5-3-11(18(21,22)23)9-16(14)24-17(26)13-10-12(4-6-15(13)20)29(27,28)25-7-1-2-8-25/h3-6,9-10H,1-2,7-8H2,(H,24,26). The van der Waals surface area contributed by atoms with Crippen molar-refractivity contribution >= 4 is 33.2 Å². The van der Waals surface area contributed by atoms with Crippen molar-refractivity contribution in [1.29, 1.82) is 0 Å². The van der Waals surface area contributed by atoms with Crippen LogP contribution in [0.5, 0.6) is 0 Å². The Kier molecular flexibility index (Phi) is 5.88. The lowest BCUT2D eigenvalue weighted by Gasteiger charge is -2.16. The Hall–Kier alpha value is -2.17. The third-order valence-corrected chi connectivity index (χ3v) is 6.65. The van der Waals surface area contributed by atoms with Crippen LogP contribution in [0.15, 0.2) is 41.3 Å². The number of sulfonamides is 1. The quantitative estimate of drug-likeness (QED) is 0.696. The summed E-state index contributed by atoms with van der Waals surface area (Å²) in [5.74, 6) is -2.15. The molecule has 156 valence electrons. The topological polar surface area (TPSA) is 66.5 Å². The lowest BCUT2D eigenvalue weighted by Crippen LogP contribution is -2.28. The van der Waals surface area contributed by atoms with Crippen molar-refractivity contribution < 1.29 is 30.8 Å². The first-order chi connectivity index (χ1) is 13.5. The number of anilines is 1. The minimum Gasteiger partial charge on any atom is -0.321 e. The van der Waals surface area contributed by atoms with Crippen molar-refractivity contribution in [2.45, 2.75) is 23.9 Å². The summed E-state index contributed by atoms with van der Waals surface area (Å²) in [6, 6.07) is 5.03. The Bertz CT molecular complexity index is 1050. The van der Waals surface area contributed by atoms with Gasteiger partial charge < -0.3 is 5.32 Å². The van der Waals surface area contributed by atoms with Gasteiger partial charge in [-0.2, -0.15) is 17.5 Å². The highest BCUT2D eigenvalue weighted by molar-refractivity contribution is 7.89. The third-order valence-electron chi connectivity index (χ3n) is 4.43. The number of nitrogens with zero attached hydrogens (tertiary/aromatic N) is 1. The van der Waals surface area contributed by atoms with E-state index in [0.29, 0.717) is 32.0 Å². The normalized spacial score (nSPS) is 15.5. The first-order valence-corrected chi connectivity index (χ1v) is 10.3. The van der Waals surface area contributed by atoms with Crippen LogP contribution < -0.4 is 5.32 Å². The third kappa shape index (κ3) is 4.54. The first-order valence-electron chi connectivity index (χ1n) is 8.48. The zero-order valence-electron chi connectivity index (χ0n) is 14.8. The lowest BCUT2D eigenvalue weighted by molar-refractivity contribution is -0.137. The van der Waals surface area contributed by atoms with Crippen LogP contribution in [-0.4, -0.2) is 31.7 Å². The molecule has 0 spiro atoms. The van der Waals surface area contributed by atoms with Crippen LogP contribution in [-0.2, 0) is 16.2 Å². The minimum atomic E-state index is -4.67. The van der Waals surface area contributed by atoms with E-state index in [1.54, 1.807) is 0 Å². The van der Waals surface area contributed by atoms with Crippen LogP contribution in [0.4, 0.5) is 23.2 Å². The molecule has 0 atom stereocenters. The molecule has 5 nitrogen and oxygen atoms in total. The van der Waals surface area contributed by atoms with E-state index in [0.717, 1.165) is 30.3 Å². The summed E-state index contributed by atoms with van der Waals surface area (Å²) in [7, 11) is -3.91. The van der Waals surface area contributed by atoms with Gasteiger partial charge in [0.2, 0.25) is 10.0 Å². The Balaban J connectivity index is 1.92. The lowest BCUT2D eigenvalue weighted by atomic mass is 10.1. The van der Waals surface area contributed by atoms with Crippen molar-refractivity contribution in [2.24, 2.45) is 0 Å². The summed E-state index contributed by atoms with van der Waals surface area (Å²) in [5.41, 5.74) is -2.06. The molecule has 1 aliphatic rings. The molecule has 0 radical (unpaired) electrons. The maximum absolute atomic E-state index is 14.2. The molecule has 2 aromatic carbocycles. The van der Waals surface area contributed by atoms with Gasteiger partial charge in [-0.15, -0.1) is 0 Å². The van der Waals surface area contributed by atoms with Gasteiger partial charge in [0.05, 0.1) is 26.7 Å². The number of nitrogens with one attached hydrogen (secondary N) is 1. The summed E-state index contributed by atoms with van der Waals surface area (Å²) >= 11 is 5.83. The van der Waals surface area contributed by atoms with E-state index < -0.39 is 39.1 Å². The predicted molar refractivity (Wildman–Crippen MR) is 98.8 cm³/mol. The molecule has 1 amide bonds. The van der Waals surface area contributed by atoms with Gasteiger partial charge in [0.15, 0.2) is 0 Å². The fourth-order valence-electron chi connectivity index (χ4n) is 2.90. The molecule has 1 aliphatic heterocycles. The molecule has 0 saturated carbocycles. The fourth-order valence-corrected chi connectivity index (χ4v) is 4.61. The van der Waals surface area contributed by atoms with Crippen molar-refractivity contribution in [3.63, 3.8) is 0 Å². The van der Waals surface area contributed by atoms with E-state index in [-0.39, 0.29) is 15.6 Å². The van der Waals surface area contributed by atoms with Crippen LogP contribution >= 0.6 is 11.6 Å².